The van der Waals surface area contributed by atoms with Gasteiger partial charge in [0.25, 0.3) is 0 Å². The summed E-state index contributed by atoms with van der Waals surface area (Å²) >= 11 is 1.56. The fourth-order valence-corrected chi connectivity index (χ4v) is 4.43. The monoisotopic (exact) mass is 273 g/mol. The maximum atomic E-state index is 11.9. The molecular weight excluding hydrogens is 258 g/mol. The molecule has 1 aliphatic heterocycles. The van der Waals surface area contributed by atoms with Crippen LogP contribution in [0.1, 0.15) is 18.9 Å². The Morgan fingerprint density at radius 1 is 1.47 bits per heavy atom. The Bertz CT molecular complexity index is 526. The summed E-state index contributed by atoms with van der Waals surface area (Å²) in [5.41, 5.74) is 0.794. The lowest BCUT2D eigenvalue weighted by Gasteiger charge is -2.09. The molecule has 0 saturated heterocycles. The zero-order valence-corrected chi connectivity index (χ0v) is 11.5. The van der Waals surface area contributed by atoms with E-state index in [0.717, 1.165) is 22.6 Å². The van der Waals surface area contributed by atoms with Crippen LogP contribution in [0, 0.1) is 0 Å². The number of ether oxygens (including phenoxy) is 1. The van der Waals surface area contributed by atoms with Gasteiger partial charge in [0.1, 0.15) is 10.6 Å². The molecule has 0 aliphatic carbocycles. The van der Waals surface area contributed by atoms with Crippen molar-refractivity contribution in [2.45, 2.75) is 29.7 Å². The Morgan fingerprint density at radius 2 is 2.24 bits per heavy atom. The van der Waals surface area contributed by atoms with Crippen LogP contribution in [-0.4, -0.2) is 21.3 Å². The van der Waals surface area contributed by atoms with Gasteiger partial charge in [-0.05, 0) is 29.9 Å². The van der Waals surface area contributed by atoms with Gasteiger partial charge in [-0.3, -0.25) is 0 Å². The third-order valence-electron chi connectivity index (χ3n) is 2.52. The van der Waals surface area contributed by atoms with E-state index in [1.54, 1.807) is 31.0 Å². The molecule has 0 spiro atoms. The Morgan fingerprint density at radius 3 is 2.88 bits per heavy atom. The van der Waals surface area contributed by atoms with Crippen molar-refractivity contribution in [3.05, 3.63) is 17.7 Å². The van der Waals surface area contributed by atoms with E-state index in [-0.39, 0.29) is 0 Å². The fraction of sp³-hybridized carbons (Fsp3) is 0.455. The third-order valence-corrected chi connectivity index (χ3v) is 5.44. The van der Waals surface area contributed by atoms with Crippen LogP contribution in [0.4, 0.5) is 0 Å². The molecule has 0 bridgehead atoms. The summed E-state index contributed by atoms with van der Waals surface area (Å²) in [5.74, 6) is 1.61. The van der Waals surface area contributed by atoms with Crippen LogP contribution in [-0.2, 0) is 16.6 Å². The summed E-state index contributed by atoms with van der Waals surface area (Å²) in [6.07, 6.45) is 1.00. The van der Waals surface area contributed by atoms with Gasteiger partial charge >= 0.3 is 0 Å². The fourth-order valence-electron chi connectivity index (χ4n) is 1.75. The SMILES string of the molecule is CCCSc1cc(OC)cc2c1S(=O)(=O)NC2. The molecule has 1 aromatic rings. The first kappa shape index (κ1) is 12.7. The van der Waals surface area contributed by atoms with Crippen LogP contribution < -0.4 is 9.46 Å². The van der Waals surface area contributed by atoms with Crippen LogP contribution in [0.5, 0.6) is 5.75 Å². The summed E-state index contributed by atoms with van der Waals surface area (Å²) in [6.45, 7) is 2.43. The quantitative estimate of drug-likeness (QED) is 0.852. The molecule has 0 radical (unpaired) electrons. The lowest BCUT2D eigenvalue weighted by Crippen LogP contribution is -2.14. The predicted molar refractivity (Wildman–Crippen MR) is 68.0 cm³/mol. The highest BCUT2D eigenvalue weighted by molar-refractivity contribution is 8.00. The van der Waals surface area contributed by atoms with Gasteiger partial charge in [-0.1, -0.05) is 6.92 Å². The van der Waals surface area contributed by atoms with Gasteiger partial charge in [-0.15, -0.1) is 11.8 Å². The standard InChI is InChI=1S/C11H15NO3S2/c1-3-4-16-10-6-9(15-2)5-8-7-12-17(13,14)11(8)10/h5-6,12H,3-4,7H2,1-2H3. The minimum absolute atomic E-state index is 0.356. The molecular formula is C11H15NO3S2. The van der Waals surface area contributed by atoms with Gasteiger partial charge in [-0.2, -0.15) is 0 Å². The van der Waals surface area contributed by atoms with E-state index in [2.05, 4.69) is 11.6 Å². The second kappa shape index (κ2) is 4.88. The maximum absolute atomic E-state index is 11.9. The van der Waals surface area contributed by atoms with Gasteiger partial charge in [0.05, 0.1) is 7.11 Å². The average Bonchev–Trinajstić information content (AvgIpc) is 2.62. The summed E-state index contributed by atoms with van der Waals surface area (Å²) in [6, 6.07) is 3.58. The molecule has 4 nitrogen and oxygen atoms in total. The molecule has 17 heavy (non-hydrogen) atoms. The highest BCUT2D eigenvalue weighted by atomic mass is 32.2. The molecule has 0 atom stereocenters. The molecule has 6 heteroatoms. The Hall–Kier alpha value is -0.720. The topological polar surface area (TPSA) is 55.4 Å². The number of nitrogens with one attached hydrogen (secondary N) is 1. The zero-order chi connectivity index (χ0) is 12.5. The van der Waals surface area contributed by atoms with Crippen LogP contribution in [0.25, 0.3) is 0 Å². The number of methoxy groups -OCH3 is 1. The van der Waals surface area contributed by atoms with Crippen molar-refractivity contribution in [1.29, 1.82) is 0 Å². The Labute approximate surface area is 106 Å². The zero-order valence-electron chi connectivity index (χ0n) is 9.82. The molecule has 0 saturated carbocycles. The molecule has 1 aliphatic rings. The Kier molecular flexibility index (Phi) is 3.65. The first-order valence-corrected chi connectivity index (χ1v) is 7.88. The van der Waals surface area contributed by atoms with Crippen molar-refractivity contribution in [3.63, 3.8) is 0 Å². The molecule has 1 heterocycles. The van der Waals surface area contributed by atoms with Crippen LogP contribution in [0.3, 0.4) is 0 Å². The molecule has 0 fully saturated rings. The lowest BCUT2D eigenvalue weighted by atomic mass is 10.2. The van der Waals surface area contributed by atoms with E-state index in [1.165, 1.54) is 0 Å². The van der Waals surface area contributed by atoms with Gasteiger partial charge < -0.3 is 4.74 Å². The van der Waals surface area contributed by atoms with Crippen molar-refractivity contribution in [1.82, 2.24) is 4.72 Å². The van der Waals surface area contributed by atoms with Gasteiger partial charge in [0.2, 0.25) is 10.0 Å². The predicted octanol–water partition coefficient (Wildman–Crippen LogP) is 1.99. The number of hydrogen-bond acceptors (Lipinski definition) is 4. The first-order chi connectivity index (χ1) is 8.08. The second-order valence-electron chi connectivity index (χ2n) is 3.79. The lowest BCUT2D eigenvalue weighted by molar-refractivity contribution is 0.412. The van der Waals surface area contributed by atoms with E-state index in [4.69, 9.17) is 4.74 Å². The van der Waals surface area contributed by atoms with Gasteiger partial charge in [0, 0.05) is 11.4 Å². The second-order valence-corrected chi connectivity index (χ2v) is 6.63. The first-order valence-electron chi connectivity index (χ1n) is 5.42. The summed E-state index contributed by atoms with van der Waals surface area (Å²) in [4.78, 5) is 1.21. The smallest absolute Gasteiger partial charge is 0.242 e. The number of sulfonamides is 1. The normalized spacial score (nSPS) is 16.8. The maximum Gasteiger partial charge on any atom is 0.242 e. The molecule has 0 aromatic heterocycles. The third kappa shape index (κ3) is 2.43. The number of thioether (sulfide) groups is 1. The summed E-state index contributed by atoms with van der Waals surface area (Å²) < 4.78 is 31.5. The van der Waals surface area contributed by atoms with Crippen molar-refractivity contribution in [2.75, 3.05) is 12.9 Å². The van der Waals surface area contributed by atoms with Crippen molar-refractivity contribution < 1.29 is 13.2 Å². The highest BCUT2D eigenvalue weighted by Gasteiger charge is 2.29. The van der Waals surface area contributed by atoms with E-state index in [0.29, 0.717) is 17.2 Å². The number of hydrogen-bond donors (Lipinski definition) is 1. The van der Waals surface area contributed by atoms with Gasteiger partial charge in [-0.25, -0.2) is 13.1 Å². The van der Waals surface area contributed by atoms with Crippen LogP contribution >= 0.6 is 11.8 Å². The van der Waals surface area contributed by atoms with E-state index < -0.39 is 10.0 Å². The van der Waals surface area contributed by atoms with Crippen molar-refractivity contribution in [2.24, 2.45) is 0 Å². The largest absolute Gasteiger partial charge is 0.497 e. The molecule has 0 unspecified atom stereocenters. The number of rotatable bonds is 4. The molecule has 2 rings (SSSR count). The minimum Gasteiger partial charge on any atom is -0.497 e. The van der Waals surface area contributed by atoms with E-state index in [9.17, 15) is 8.42 Å². The number of benzene rings is 1. The highest BCUT2D eigenvalue weighted by Crippen LogP contribution is 2.36. The van der Waals surface area contributed by atoms with Crippen LogP contribution in [0.15, 0.2) is 21.9 Å². The number of fused-ring (bicyclic) bond motifs is 1. The molecule has 1 aromatic carbocycles. The molecule has 1 N–H and O–H groups in total. The van der Waals surface area contributed by atoms with E-state index >= 15 is 0 Å². The summed E-state index contributed by atoms with van der Waals surface area (Å²) in [7, 11) is -1.73. The van der Waals surface area contributed by atoms with Crippen LogP contribution in [0.2, 0.25) is 0 Å². The van der Waals surface area contributed by atoms with Crippen molar-refractivity contribution >= 4 is 21.8 Å². The summed E-state index contributed by atoms with van der Waals surface area (Å²) in [5, 5.41) is 0. The molecule has 0 amide bonds. The van der Waals surface area contributed by atoms with E-state index in [1.807, 2.05) is 0 Å². The Balaban J connectivity index is 2.52. The average molecular weight is 273 g/mol. The van der Waals surface area contributed by atoms with Crippen molar-refractivity contribution in [3.8, 4) is 5.75 Å². The molecule has 94 valence electrons. The minimum atomic E-state index is -3.32. The van der Waals surface area contributed by atoms with Gasteiger partial charge in [0.15, 0.2) is 0 Å².